The van der Waals surface area contributed by atoms with Crippen LogP contribution in [0.25, 0.3) is 11.0 Å². The van der Waals surface area contributed by atoms with Crippen LogP contribution in [-0.2, 0) is 6.54 Å². The number of benzene rings is 2. The average molecular weight is 517 g/mol. The first-order chi connectivity index (χ1) is 15.4. The van der Waals surface area contributed by atoms with E-state index in [1.54, 1.807) is 36.4 Å². The maximum absolute atomic E-state index is 13.5. The summed E-state index contributed by atoms with van der Waals surface area (Å²) >= 11 is 9.42. The third kappa shape index (κ3) is 3.18. The van der Waals surface area contributed by atoms with Crippen LogP contribution in [0.5, 0.6) is 11.5 Å². The summed E-state index contributed by atoms with van der Waals surface area (Å²) in [5.74, 6) is 0.168. The van der Waals surface area contributed by atoms with Gasteiger partial charge in [-0.1, -0.05) is 11.6 Å². The number of halogens is 2. The molecule has 1 N–H and O–H groups in total. The highest BCUT2D eigenvalue weighted by molar-refractivity contribution is 9.10. The highest BCUT2D eigenvalue weighted by atomic mass is 79.9. The van der Waals surface area contributed by atoms with Crippen molar-refractivity contribution in [2.45, 2.75) is 12.6 Å². The van der Waals surface area contributed by atoms with Crippen LogP contribution < -0.4 is 10.2 Å². The van der Waals surface area contributed by atoms with Crippen LogP contribution in [0.2, 0.25) is 5.02 Å². The van der Waals surface area contributed by atoms with Gasteiger partial charge in [0.05, 0.1) is 41.4 Å². The predicted molar refractivity (Wildman–Crippen MR) is 120 cm³/mol. The van der Waals surface area contributed by atoms with Gasteiger partial charge in [-0.15, -0.1) is 0 Å². The van der Waals surface area contributed by atoms with Crippen LogP contribution in [0.3, 0.4) is 0 Å². The minimum absolute atomic E-state index is 0.0375. The van der Waals surface area contributed by atoms with Crippen LogP contribution in [0.1, 0.15) is 33.5 Å². The Bertz CT molecular complexity index is 1430. The summed E-state index contributed by atoms with van der Waals surface area (Å²) in [6, 6.07) is 10.6. The van der Waals surface area contributed by atoms with Gasteiger partial charge < -0.3 is 23.6 Å². The zero-order valence-electron chi connectivity index (χ0n) is 16.6. The van der Waals surface area contributed by atoms with E-state index < -0.39 is 11.9 Å². The van der Waals surface area contributed by atoms with Gasteiger partial charge in [-0.25, -0.2) is 0 Å². The average Bonchev–Trinajstić information content (AvgIpc) is 3.38. The first-order valence-corrected chi connectivity index (χ1v) is 10.7. The Kier molecular flexibility index (Phi) is 4.98. The standard InChI is InChI=1S/C23H15BrClNO6/c1-30-17-8-11(7-15(24)21(17)28)19-18-20(27)14-9-12(25)4-5-16(14)32-22(18)23(29)26(19)10-13-3-2-6-31-13/h2-9,19,28H,10H2,1H3/t19-/m0/s1. The number of rotatable bonds is 4. The first kappa shape index (κ1) is 20.7. The van der Waals surface area contributed by atoms with Crippen LogP contribution in [0, 0.1) is 0 Å². The third-order valence-electron chi connectivity index (χ3n) is 5.42. The number of phenolic OH excluding ortho intramolecular Hbond substituents is 1. The monoisotopic (exact) mass is 515 g/mol. The summed E-state index contributed by atoms with van der Waals surface area (Å²) in [5.41, 5.74) is 0.664. The molecule has 4 aromatic rings. The third-order valence-corrected chi connectivity index (χ3v) is 6.26. The zero-order chi connectivity index (χ0) is 22.6. The number of methoxy groups -OCH3 is 1. The largest absolute Gasteiger partial charge is 0.503 e. The molecule has 32 heavy (non-hydrogen) atoms. The number of hydrogen-bond donors (Lipinski definition) is 1. The summed E-state index contributed by atoms with van der Waals surface area (Å²) in [7, 11) is 1.42. The van der Waals surface area contributed by atoms with E-state index in [4.69, 9.17) is 25.2 Å². The number of fused-ring (bicyclic) bond motifs is 2. The Morgan fingerprint density at radius 3 is 2.75 bits per heavy atom. The zero-order valence-corrected chi connectivity index (χ0v) is 18.9. The SMILES string of the molecule is COc1cc([C@H]2c3c(oc4ccc(Cl)cc4c3=O)C(=O)N2Cc2ccco2)cc(Br)c1O. The summed E-state index contributed by atoms with van der Waals surface area (Å²) in [6.07, 6.45) is 1.51. The van der Waals surface area contributed by atoms with Crippen LogP contribution in [-0.4, -0.2) is 23.0 Å². The summed E-state index contributed by atoms with van der Waals surface area (Å²) in [4.78, 5) is 28.4. The molecule has 1 aliphatic rings. The van der Waals surface area contributed by atoms with E-state index in [1.165, 1.54) is 24.3 Å². The van der Waals surface area contributed by atoms with Gasteiger partial charge in [0.25, 0.3) is 5.91 Å². The normalized spacial score (nSPS) is 15.4. The number of amides is 1. The van der Waals surface area contributed by atoms with Gasteiger partial charge in [-0.3, -0.25) is 9.59 Å². The van der Waals surface area contributed by atoms with E-state index in [0.29, 0.717) is 20.8 Å². The minimum Gasteiger partial charge on any atom is -0.503 e. The molecule has 0 bridgehead atoms. The Labute approximate surface area is 194 Å². The summed E-state index contributed by atoms with van der Waals surface area (Å²) in [6.45, 7) is 0.109. The predicted octanol–water partition coefficient (Wildman–Crippen LogP) is 5.26. The molecular weight excluding hydrogens is 502 g/mol. The van der Waals surface area contributed by atoms with Gasteiger partial charge in [-0.05, 0) is 64.0 Å². The summed E-state index contributed by atoms with van der Waals surface area (Å²) in [5, 5.41) is 10.9. The van der Waals surface area contributed by atoms with E-state index >= 15 is 0 Å². The van der Waals surface area contributed by atoms with Crippen molar-refractivity contribution >= 4 is 44.4 Å². The van der Waals surface area contributed by atoms with Gasteiger partial charge >= 0.3 is 0 Å². The van der Waals surface area contributed by atoms with Gasteiger partial charge in [0, 0.05) is 5.02 Å². The molecule has 0 saturated carbocycles. The second-order valence-corrected chi connectivity index (χ2v) is 8.57. The topological polar surface area (TPSA) is 93.1 Å². The Hall–Kier alpha value is -3.23. The number of hydrogen-bond acceptors (Lipinski definition) is 6. The van der Waals surface area contributed by atoms with Gasteiger partial charge in [0.2, 0.25) is 5.76 Å². The number of carbonyl (C=O) groups is 1. The van der Waals surface area contributed by atoms with Crippen molar-refractivity contribution in [2.75, 3.05) is 7.11 Å². The molecular formula is C23H15BrClNO6. The fraction of sp³-hybridized carbons (Fsp3) is 0.130. The molecule has 2 aromatic carbocycles. The second kappa shape index (κ2) is 7.72. The molecule has 1 atom stereocenters. The Balaban J connectivity index is 1.78. The number of nitrogens with zero attached hydrogens (tertiary/aromatic N) is 1. The highest BCUT2D eigenvalue weighted by Crippen LogP contribution is 2.44. The van der Waals surface area contributed by atoms with Crippen LogP contribution in [0.15, 0.2) is 66.8 Å². The van der Waals surface area contributed by atoms with Crippen LogP contribution >= 0.6 is 27.5 Å². The number of furan rings is 1. The Morgan fingerprint density at radius 1 is 1.22 bits per heavy atom. The number of aromatic hydroxyl groups is 1. The molecule has 0 spiro atoms. The number of phenols is 1. The van der Waals surface area contributed by atoms with Gasteiger partial charge in [0.1, 0.15) is 11.3 Å². The molecule has 1 aliphatic heterocycles. The molecule has 7 nitrogen and oxygen atoms in total. The smallest absolute Gasteiger partial charge is 0.291 e. The molecule has 0 radical (unpaired) electrons. The van der Waals surface area contributed by atoms with E-state index in [0.717, 1.165) is 0 Å². The van der Waals surface area contributed by atoms with Crippen molar-refractivity contribution in [3.05, 3.63) is 91.1 Å². The maximum atomic E-state index is 13.5. The van der Waals surface area contributed by atoms with E-state index in [-0.39, 0.29) is 45.8 Å². The van der Waals surface area contributed by atoms with E-state index in [2.05, 4.69) is 15.9 Å². The lowest BCUT2D eigenvalue weighted by atomic mass is 9.98. The molecule has 1 amide bonds. The molecule has 0 unspecified atom stereocenters. The molecule has 2 aromatic heterocycles. The quantitative estimate of drug-likeness (QED) is 0.398. The first-order valence-electron chi connectivity index (χ1n) is 9.55. The van der Waals surface area contributed by atoms with Crippen LogP contribution in [0.4, 0.5) is 0 Å². The molecule has 9 heteroatoms. The van der Waals surface area contributed by atoms with Crippen molar-refractivity contribution in [3.63, 3.8) is 0 Å². The fourth-order valence-electron chi connectivity index (χ4n) is 3.98. The highest BCUT2D eigenvalue weighted by Gasteiger charge is 2.43. The molecule has 0 aliphatic carbocycles. The van der Waals surface area contributed by atoms with E-state index in [9.17, 15) is 14.7 Å². The summed E-state index contributed by atoms with van der Waals surface area (Å²) < 4.78 is 17.0. The van der Waals surface area contributed by atoms with Gasteiger partial charge in [0.15, 0.2) is 16.9 Å². The molecule has 3 heterocycles. The van der Waals surface area contributed by atoms with Crippen molar-refractivity contribution in [1.29, 1.82) is 0 Å². The maximum Gasteiger partial charge on any atom is 0.291 e. The lowest BCUT2D eigenvalue weighted by Gasteiger charge is -2.25. The fourth-order valence-corrected chi connectivity index (χ4v) is 4.61. The number of carbonyl (C=O) groups excluding carboxylic acids is 1. The second-order valence-electron chi connectivity index (χ2n) is 7.28. The van der Waals surface area contributed by atoms with Crippen molar-refractivity contribution in [2.24, 2.45) is 0 Å². The molecule has 0 saturated heterocycles. The van der Waals surface area contributed by atoms with Crippen molar-refractivity contribution in [1.82, 2.24) is 4.90 Å². The lowest BCUT2D eigenvalue weighted by Crippen LogP contribution is -2.29. The molecule has 0 fully saturated rings. The Morgan fingerprint density at radius 2 is 2.03 bits per heavy atom. The minimum atomic E-state index is -0.798. The molecule has 5 rings (SSSR count). The van der Waals surface area contributed by atoms with E-state index in [1.807, 2.05) is 0 Å². The van der Waals surface area contributed by atoms with Crippen molar-refractivity contribution in [3.8, 4) is 11.5 Å². The van der Waals surface area contributed by atoms with Gasteiger partial charge in [-0.2, -0.15) is 0 Å². The number of ether oxygens (including phenoxy) is 1. The molecule has 162 valence electrons. The van der Waals surface area contributed by atoms with Crippen molar-refractivity contribution < 1.29 is 23.5 Å². The lowest BCUT2D eigenvalue weighted by molar-refractivity contribution is 0.0701.